The predicted molar refractivity (Wildman–Crippen MR) is 115 cm³/mol. The second-order valence-electron chi connectivity index (χ2n) is 7.76. The fourth-order valence-electron chi connectivity index (χ4n) is 4.01. The second-order valence-corrected chi connectivity index (χ2v) is 7.76. The minimum atomic E-state index is -0.275. The Bertz CT molecular complexity index is 1060. The number of nitrogens with zero attached hydrogens (tertiary/aromatic N) is 2. The highest BCUT2D eigenvalue weighted by atomic mass is 19.1. The van der Waals surface area contributed by atoms with Crippen molar-refractivity contribution in [2.45, 2.75) is 19.9 Å². The first-order chi connectivity index (χ1) is 14.5. The van der Waals surface area contributed by atoms with E-state index >= 15 is 0 Å². The van der Waals surface area contributed by atoms with Crippen molar-refractivity contribution in [2.75, 3.05) is 32.8 Å². The number of benzene rings is 2. The maximum Gasteiger partial charge on any atom is 0.252 e. The van der Waals surface area contributed by atoms with Crippen LogP contribution in [0.4, 0.5) is 4.39 Å². The molecule has 30 heavy (non-hydrogen) atoms. The van der Waals surface area contributed by atoms with Crippen LogP contribution in [0.5, 0.6) is 0 Å². The van der Waals surface area contributed by atoms with E-state index in [4.69, 9.17) is 4.74 Å². The van der Waals surface area contributed by atoms with Crippen molar-refractivity contribution >= 4 is 16.8 Å². The maximum absolute atomic E-state index is 13.9. The molecule has 1 atom stereocenters. The van der Waals surface area contributed by atoms with Gasteiger partial charge in [-0.25, -0.2) is 4.39 Å². The fraction of sp³-hybridized carbons (Fsp3) is 0.333. The molecular weight excluding hydrogens is 381 g/mol. The average molecular weight is 407 g/mol. The summed E-state index contributed by atoms with van der Waals surface area (Å²) in [7, 11) is 0. The lowest BCUT2D eigenvalue weighted by molar-refractivity contribution is 0.0162. The molecule has 156 valence electrons. The van der Waals surface area contributed by atoms with Gasteiger partial charge in [0.15, 0.2) is 0 Å². The van der Waals surface area contributed by atoms with Crippen molar-refractivity contribution in [3.8, 4) is 0 Å². The summed E-state index contributed by atoms with van der Waals surface area (Å²) in [5.41, 5.74) is 4.14. The largest absolute Gasteiger partial charge is 0.379 e. The van der Waals surface area contributed by atoms with E-state index in [1.807, 2.05) is 44.2 Å². The van der Waals surface area contributed by atoms with Crippen molar-refractivity contribution in [2.24, 2.45) is 0 Å². The highest BCUT2D eigenvalue weighted by Crippen LogP contribution is 2.23. The number of halogens is 1. The predicted octanol–water partition coefficient (Wildman–Crippen LogP) is 3.79. The van der Waals surface area contributed by atoms with Gasteiger partial charge in [0.1, 0.15) is 5.82 Å². The molecule has 1 aliphatic heterocycles. The molecule has 0 bridgehead atoms. The van der Waals surface area contributed by atoms with E-state index in [-0.39, 0.29) is 17.8 Å². The lowest BCUT2D eigenvalue weighted by Crippen LogP contribution is -2.43. The molecule has 1 amide bonds. The number of carbonyl (C=O) groups is 1. The van der Waals surface area contributed by atoms with Gasteiger partial charge < -0.3 is 10.1 Å². The third-order valence-corrected chi connectivity index (χ3v) is 5.51. The van der Waals surface area contributed by atoms with E-state index in [0.29, 0.717) is 25.3 Å². The zero-order valence-corrected chi connectivity index (χ0v) is 17.3. The van der Waals surface area contributed by atoms with Crippen molar-refractivity contribution < 1.29 is 13.9 Å². The number of hydrogen-bond acceptors (Lipinski definition) is 4. The molecule has 1 N–H and O–H groups in total. The molecule has 1 aliphatic rings. The zero-order valence-electron chi connectivity index (χ0n) is 17.3. The molecule has 4 rings (SSSR count). The summed E-state index contributed by atoms with van der Waals surface area (Å²) < 4.78 is 19.3. The van der Waals surface area contributed by atoms with Gasteiger partial charge in [-0.15, -0.1) is 0 Å². The molecule has 0 radical (unpaired) electrons. The van der Waals surface area contributed by atoms with Gasteiger partial charge in [0.25, 0.3) is 5.91 Å². The Kier molecular flexibility index (Phi) is 6.06. The van der Waals surface area contributed by atoms with Gasteiger partial charge in [-0.05, 0) is 49.7 Å². The minimum absolute atomic E-state index is 0.121. The van der Waals surface area contributed by atoms with Crippen molar-refractivity contribution in [1.82, 2.24) is 15.2 Å². The topological polar surface area (TPSA) is 54.5 Å². The van der Waals surface area contributed by atoms with Gasteiger partial charge in [-0.3, -0.25) is 14.7 Å². The van der Waals surface area contributed by atoms with Crippen molar-refractivity contribution in [3.05, 3.63) is 76.7 Å². The van der Waals surface area contributed by atoms with Gasteiger partial charge in [-0.2, -0.15) is 0 Å². The number of rotatable bonds is 5. The van der Waals surface area contributed by atoms with E-state index in [0.717, 1.165) is 40.8 Å². The molecule has 6 heteroatoms. The van der Waals surface area contributed by atoms with E-state index in [1.165, 1.54) is 6.07 Å². The molecule has 1 saturated heterocycles. The number of aromatic nitrogens is 1. The molecule has 0 spiro atoms. The van der Waals surface area contributed by atoms with Crippen LogP contribution in [-0.4, -0.2) is 48.6 Å². The minimum Gasteiger partial charge on any atom is -0.379 e. The molecule has 2 heterocycles. The van der Waals surface area contributed by atoms with Crippen LogP contribution in [0, 0.1) is 19.7 Å². The van der Waals surface area contributed by atoms with Gasteiger partial charge in [0.05, 0.1) is 30.3 Å². The van der Waals surface area contributed by atoms with E-state index in [1.54, 1.807) is 12.1 Å². The SMILES string of the molecule is Cc1ccc2nc(C)cc(C(=O)NCC(c3cccc(F)c3)N3CCOCC3)c2c1. The quantitative estimate of drug-likeness (QED) is 0.699. The Morgan fingerprint density at radius 1 is 1.17 bits per heavy atom. The summed E-state index contributed by atoms with van der Waals surface area (Å²) in [5, 5.41) is 3.92. The Balaban J connectivity index is 1.60. The summed E-state index contributed by atoms with van der Waals surface area (Å²) in [5.74, 6) is -0.422. The van der Waals surface area contributed by atoms with Gasteiger partial charge in [-0.1, -0.05) is 23.8 Å². The Morgan fingerprint density at radius 2 is 1.97 bits per heavy atom. The van der Waals surface area contributed by atoms with Crippen LogP contribution in [0.15, 0.2) is 48.5 Å². The average Bonchev–Trinajstić information content (AvgIpc) is 2.74. The summed E-state index contributed by atoms with van der Waals surface area (Å²) in [6.07, 6.45) is 0. The number of morpholine rings is 1. The van der Waals surface area contributed by atoms with Crippen LogP contribution in [0.1, 0.15) is 33.2 Å². The van der Waals surface area contributed by atoms with E-state index in [9.17, 15) is 9.18 Å². The molecular formula is C24H26FN3O2. The van der Waals surface area contributed by atoms with Crippen LogP contribution in [0.25, 0.3) is 10.9 Å². The van der Waals surface area contributed by atoms with Gasteiger partial charge >= 0.3 is 0 Å². The highest BCUT2D eigenvalue weighted by Gasteiger charge is 2.24. The molecule has 0 aliphatic carbocycles. The second kappa shape index (κ2) is 8.90. The van der Waals surface area contributed by atoms with Gasteiger partial charge in [0, 0.05) is 30.7 Å². The first kappa shape index (κ1) is 20.4. The summed E-state index contributed by atoms with van der Waals surface area (Å²) in [6.45, 7) is 7.03. The smallest absolute Gasteiger partial charge is 0.252 e. The van der Waals surface area contributed by atoms with E-state index < -0.39 is 0 Å². The van der Waals surface area contributed by atoms with E-state index in [2.05, 4.69) is 15.2 Å². The standard InChI is InChI=1S/C24H26FN3O2/c1-16-6-7-22-20(12-16)21(13-17(2)27-22)24(29)26-15-23(28-8-10-30-11-9-28)18-4-3-5-19(25)14-18/h3-7,12-14,23H,8-11,15H2,1-2H3,(H,26,29). The highest BCUT2D eigenvalue weighted by molar-refractivity contribution is 6.06. The number of aryl methyl sites for hydroxylation is 2. The number of nitrogens with one attached hydrogen (secondary N) is 1. The normalized spacial score (nSPS) is 15.8. The Labute approximate surface area is 175 Å². The Morgan fingerprint density at radius 3 is 2.73 bits per heavy atom. The zero-order chi connectivity index (χ0) is 21.1. The third kappa shape index (κ3) is 4.50. The molecule has 1 unspecified atom stereocenters. The molecule has 5 nitrogen and oxygen atoms in total. The van der Waals surface area contributed by atoms with Crippen LogP contribution in [0.2, 0.25) is 0 Å². The van der Waals surface area contributed by atoms with Crippen LogP contribution >= 0.6 is 0 Å². The molecule has 2 aromatic carbocycles. The lowest BCUT2D eigenvalue weighted by atomic mass is 10.0. The third-order valence-electron chi connectivity index (χ3n) is 5.51. The van der Waals surface area contributed by atoms with Crippen LogP contribution in [-0.2, 0) is 4.74 Å². The monoisotopic (exact) mass is 407 g/mol. The summed E-state index contributed by atoms with van der Waals surface area (Å²) in [6, 6.07) is 14.2. The number of ether oxygens (including phenoxy) is 1. The van der Waals surface area contributed by atoms with Crippen LogP contribution in [0.3, 0.4) is 0 Å². The summed E-state index contributed by atoms with van der Waals surface area (Å²) in [4.78, 5) is 19.9. The number of pyridine rings is 1. The van der Waals surface area contributed by atoms with Gasteiger partial charge in [0.2, 0.25) is 0 Å². The Hall–Kier alpha value is -2.83. The van der Waals surface area contributed by atoms with Crippen molar-refractivity contribution in [3.63, 3.8) is 0 Å². The summed E-state index contributed by atoms with van der Waals surface area (Å²) >= 11 is 0. The first-order valence-corrected chi connectivity index (χ1v) is 10.2. The van der Waals surface area contributed by atoms with Crippen molar-refractivity contribution in [1.29, 1.82) is 0 Å². The number of fused-ring (bicyclic) bond motifs is 1. The fourth-order valence-corrected chi connectivity index (χ4v) is 4.01. The molecule has 0 saturated carbocycles. The molecule has 1 aromatic heterocycles. The maximum atomic E-state index is 13.9. The lowest BCUT2D eigenvalue weighted by Gasteiger charge is -2.35. The number of carbonyl (C=O) groups excluding carboxylic acids is 1. The first-order valence-electron chi connectivity index (χ1n) is 10.2. The number of hydrogen-bond donors (Lipinski definition) is 1. The molecule has 3 aromatic rings. The molecule has 1 fully saturated rings. The number of amides is 1. The van der Waals surface area contributed by atoms with Crippen LogP contribution < -0.4 is 5.32 Å².